The lowest BCUT2D eigenvalue weighted by molar-refractivity contribution is 0.135. The molecule has 2 bridgehead atoms. The Kier molecular flexibility index (Phi) is 3.45. The molecule has 3 aliphatic rings. The van der Waals surface area contributed by atoms with Crippen LogP contribution in [0.15, 0.2) is 18.2 Å². The normalized spacial score (nSPS) is 32.9. The first-order valence-corrected chi connectivity index (χ1v) is 8.77. The van der Waals surface area contributed by atoms with Crippen molar-refractivity contribution >= 4 is 5.69 Å². The number of rotatable bonds is 2. The van der Waals surface area contributed by atoms with Gasteiger partial charge in [0.1, 0.15) is 0 Å². The lowest BCUT2D eigenvalue weighted by Gasteiger charge is -2.42. The Hall–Kier alpha value is -1.02. The number of anilines is 1. The van der Waals surface area contributed by atoms with Crippen LogP contribution in [0.1, 0.15) is 36.8 Å². The van der Waals surface area contributed by atoms with Crippen molar-refractivity contribution in [3.63, 3.8) is 0 Å². The Morgan fingerprint density at radius 2 is 1.76 bits per heavy atom. The van der Waals surface area contributed by atoms with E-state index < -0.39 is 0 Å². The predicted octanol–water partition coefficient (Wildman–Crippen LogP) is 3.61. The zero-order chi connectivity index (χ0) is 14.4. The molecule has 0 radical (unpaired) electrons. The molecule has 1 aliphatic heterocycles. The Morgan fingerprint density at radius 3 is 2.43 bits per heavy atom. The Balaban J connectivity index is 1.41. The molecule has 0 unspecified atom stereocenters. The topological polar surface area (TPSA) is 6.48 Å². The average Bonchev–Trinajstić information content (AvgIpc) is 3.13. The first-order chi connectivity index (χ1) is 10.2. The molecule has 1 aromatic rings. The molecule has 114 valence electrons. The maximum atomic E-state index is 2.81. The van der Waals surface area contributed by atoms with E-state index in [9.17, 15) is 0 Å². The van der Waals surface area contributed by atoms with Crippen molar-refractivity contribution in [2.75, 3.05) is 31.1 Å². The molecule has 3 atom stereocenters. The first-order valence-electron chi connectivity index (χ1n) is 8.77. The third-order valence-corrected chi connectivity index (χ3v) is 6.19. The van der Waals surface area contributed by atoms with Crippen molar-refractivity contribution in [1.82, 2.24) is 4.90 Å². The van der Waals surface area contributed by atoms with Gasteiger partial charge in [-0.2, -0.15) is 0 Å². The van der Waals surface area contributed by atoms with Crippen LogP contribution in [0.5, 0.6) is 0 Å². The van der Waals surface area contributed by atoms with Gasteiger partial charge in [0.2, 0.25) is 0 Å². The van der Waals surface area contributed by atoms with Crippen LogP contribution in [0, 0.1) is 25.7 Å². The maximum Gasteiger partial charge on any atom is 0.0399 e. The molecule has 2 heteroatoms. The number of benzene rings is 1. The summed E-state index contributed by atoms with van der Waals surface area (Å²) in [5.41, 5.74) is 4.27. The van der Waals surface area contributed by atoms with E-state index in [0.717, 1.165) is 17.9 Å². The number of fused-ring (bicyclic) bond motifs is 2. The van der Waals surface area contributed by atoms with Gasteiger partial charge in [0.05, 0.1) is 0 Å². The zero-order valence-electron chi connectivity index (χ0n) is 13.5. The van der Waals surface area contributed by atoms with Crippen molar-refractivity contribution in [3.05, 3.63) is 29.3 Å². The molecule has 2 saturated carbocycles. The smallest absolute Gasteiger partial charge is 0.0399 e. The summed E-state index contributed by atoms with van der Waals surface area (Å²) in [6.07, 6.45) is 6.05. The van der Waals surface area contributed by atoms with Crippen LogP contribution in [0.25, 0.3) is 0 Å². The van der Waals surface area contributed by atoms with Gasteiger partial charge in [-0.1, -0.05) is 18.6 Å². The van der Waals surface area contributed by atoms with Crippen LogP contribution < -0.4 is 4.90 Å². The third-order valence-electron chi connectivity index (χ3n) is 6.19. The van der Waals surface area contributed by atoms with Crippen molar-refractivity contribution in [2.24, 2.45) is 11.8 Å². The molecule has 2 aliphatic carbocycles. The summed E-state index contributed by atoms with van der Waals surface area (Å²) in [6.45, 7) is 9.39. The molecule has 0 spiro atoms. The van der Waals surface area contributed by atoms with Crippen molar-refractivity contribution in [3.8, 4) is 0 Å². The van der Waals surface area contributed by atoms with E-state index in [1.165, 1.54) is 68.7 Å². The van der Waals surface area contributed by atoms with Crippen LogP contribution in [0.2, 0.25) is 0 Å². The highest BCUT2D eigenvalue weighted by atomic mass is 15.3. The van der Waals surface area contributed by atoms with Gasteiger partial charge < -0.3 is 4.90 Å². The largest absolute Gasteiger partial charge is 0.369 e. The van der Waals surface area contributed by atoms with Crippen LogP contribution >= 0.6 is 0 Å². The van der Waals surface area contributed by atoms with Gasteiger partial charge in [0.15, 0.2) is 0 Å². The summed E-state index contributed by atoms with van der Waals surface area (Å²) in [7, 11) is 0. The Labute approximate surface area is 129 Å². The third kappa shape index (κ3) is 2.48. The maximum absolute atomic E-state index is 2.81. The van der Waals surface area contributed by atoms with E-state index >= 15 is 0 Å². The second-order valence-corrected chi connectivity index (χ2v) is 7.56. The van der Waals surface area contributed by atoms with E-state index in [1.807, 2.05) is 0 Å². The van der Waals surface area contributed by atoms with E-state index in [2.05, 4.69) is 41.8 Å². The Bertz CT molecular complexity index is 516. The minimum atomic E-state index is 0.921. The number of hydrogen-bond acceptors (Lipinski definition) is 2. The molecule has 1 aromatic carbocycles. The van der Waals surface area contributed by atoms with Crippen LogP contribution in [-0.2, 0) is 0 Å². The molecular weight excluding hydrogens is 256 g/mol. The molecule has 0 aromatic heterocycles. The second-order valence-electron chi connectivity index (χ2n) is 7.56. The van der Waals surface area contributed by atoms with E-state index in [4.69, 9.17) is 0 Å². The first kappa shape index (κ1) is 13.6. The van der Waals surface area contributed by atoms with Crippen molar-refractivity contribution < 1.29 is 0 Å². The summed E-state index contributed by atoms with van der Waals surface area (Å²) in [5.74, 6) is 2.10. The Morgan fingerprint density at radius 1 is 0.952 bits per heavy atom. The van der Waals surface area contributed by atoms with Gasteiger partial charge in [0, 0.05) is 37.9 Å². The van der Waals surface area contributed by atoms with Crippen LogP contribution in [-0.4, -0.2) is 37.1 Å². The average molecular weight is 284 g/mol. The molecule has 21 heavy (non-hydrogen) atoms. The standard InChI is InChI=1S/C19H28N2/c1-14-3-4-15(2)18(11-14)20-7-9-21(10-8-20)19-13-16-5-6-17(19)12-16/h3-4,11,16-17,19H,5-10,12-13H2,1-2H3/t16-,17+,19-/m1/s1. The molecule has 3 fully saturated rings. The minimum Gasteiger partial charge on any atom is -0.369 e. The molecule has 4 rings (SSSR count). The fraction of sp³-hybridized carbons (Fsp3) is 0.684. The molecule has 2 nitrogen and oxygen atoms in total. The van der Waals surface area contributed by atoms with Crippen molar-refractivity contribution in [2.45, 2.75) is 45.6 Å². The lowest BCUT2D eigenvalue weighted by atomic mass is 9.93. The predicted molar refractivity (Wildman–Crippen MR) is 88.9 cm³/mol. The van der Waals surface area contributed by atoms with Gasteiger partial charge in [-0.25, -0.2) is 0 Å². The highest BCUT2D eigenvalue weighted by molar-refractivity contribution is 5.55. The second kappa shape index (κ2) is 5.31. The number of hydrogen-bond donors (Lipinski definition) is 0. The lowest BCUT2D eigenvalue weighted by Crippen LogP contribution is -2.51. The van der Waals surface area contributed by atoms with E-state index in [1.54, 1.807) is 0 Å². The van der Waals surface area contributed by atoms with E-state index in [0.29, 0.717) is 0 Å². The quantitative estimate of drug-likeness (QED) is 0.818. The monoisotopic (exact) mass is 284 g/mol. The van der Waals surface area contributed by atoms with Gasteiger partial charge in [-0.15, -0.1) is 0 Å². The molecule has 1 saturated heterocycles. The van der Waals surface area contributed by atoms with Gasteiger partial charge in [-0.3, -0.25) is 4.90 Å². The highest BCUT2D eigenvalue weighted by Crippen LogP contribution is 2.46. The van der Waals surface area contributed by atoms with Gasteiger partial charge in [-0.05, 0) is 62.1 Å². The van der Waals surface area contributed by atoms with Gasteiger partial charge >= 0.3 is 0 Å². The number of nitrogens with zero attached hydrogens (tertiary/aromatic N) is 2. The molecule has 0 amide bonds. The van der Waals surface area contributed by atoms with Crippen LogP contribution in [0.3, 0.4) is 0 Å². The van der Waals surface area contributed by atoms with Crippen molar-refractivity contribution in [1.29, 1.82) is 0 Å². The number of piperazine rings is 1. The van der Waals surface area contributed by atoms with Crippen LogP contribution in [0.4, 0.5) is 5.69 Å². The SMILES string of the molecule is Cc1ccc(C)c(N2CCN([C@@H]3C[C@@H]4CC[C@H]3C4)CC2)c1. The molecule has 1 heterocycles. The number of aryl methyl sites for hydroxylation is 2. The summed E-state index contributed by atoms with van der Waals surface area (Å²) in [4.78, 5) is 5.41. The summed E-state index contributed by atoms with van der Waals surface area (Å²) < 4.78 is 0. The molecular formula is C19H28N2. The summed E-state index contributed by atoms with van der Waals surface area (Å²) in [5, 5.41) is 0. The fourth-order valence-corrected chi connectivity index (χ4v) is 5.01. The fourth-order valence-electron chi connectivity index (χ4n) is 5.01. The van der Waals surface area contributed by atoms with Gasteiger partial charge in [0.25, 0.3) is 0 Å². The zero-order valence-corrected chi connectivity index (χ0v) is 13.5. The van der Waals surface area contributed by atoms with E-state index in [-0.39, 0.29) is 0 Å². The summed E-state index contributed by atoms with van der Waals surface area (Å²) >= 11 is 0. The molecule has 0 N–H and O–H groups in total. The minimum absolute atomic E-state index is 0.921. The highest BCUT2D eigenvalue weighted by Gasteiger charge is 2.42. The summed E-state index contributed by atoms with van der Waals surface area (Å²) in [6, 6.07) is 7.78.